The van der Waals surface area contributed by atoms with Crippen molar-refractivity contribution in [1.29, 1.82) is 0 Å². The van der Waals surface area contributed by atoms with Crippen LogP contribution in [0.25, 0.3) is 0 Å². The molecule has 0 aromatic carbocycles. The lowest BCUT2D eigenvalue weighted by atomic mass is 10.1. The monoisotopic (exact) mass is 303 g/mol. The molecule has 1 fully saturated rings. The quantitative estimate of drug-likeness (QED) is 0.833. The molecule has 1 aromatic heterocycles. The number of rotatable bonds is 6. The molecule has 1 saturated heterocycles. The van der Waals surface area contributed by atoms with Gasteiger partial charge in [0.2, 0.25) is 5.91 Å². The van der Waals surface area contributed by atoms with Crippen molar-refractivity contribution in [2.75, 3.05) is 33.2 Å². The van der Waals surface area contributed by atoms with Crippen molar-refractivity contribution >= 4 is 29.7 Å². The van der Waals surface area contributed by atoms with Gasteiger partial charge in [-0.15, -0.1) is 23.7 Å². The first-order chi connectivity index (χ1) is 8.78. The summed E-state index contributed by atoms with van der Waals surface area (Å²) in [6, 6.07) is 4.05. The average molecular weight is 304 g/mol. The third kappa shape index (κ3) is 5.48. The maximum Gasteiger partial charge on any atom is 0.234 e. The number of hydrogen-bond donors (Lipinski definition) is 2. The van der Waals surface area contributed by atoms with Crippen molar-refractivity contribution in [1.82, 2.24) is 15.5 Å². The highest BCUT2D eigenvalue weighted by atomic mass is 35.5. The largest absolute Gasteiger partial charge is 0.350 e. The number of thiophene rings is 1. The highest BCUT2D eigenvalue weighted by Crippen LogP contribution is 2.14. The van der Waals surface area contributed by atoms with Crippen LogP contribution in [-0.4, -0.2) is 44.0 Å². The molecule has 0 bridgehead atoms. The van der Waals surface area contributed by atoms with Gasteiger partial charge in [-0.1, -0.05) is 6.07 Å². The molecule has 0 radical (unpaired) electrons. The van der Waals surface area contributed by atoms with Gasteiger partial charge in [0.05, 0.1) is 13.1 Å². The summed E-state index contributed by atoms with van der Waals surface area (Å²) in [5.74, 6) is 0.827. The van der Waals surface area contributed by atoms with Crippen molar-refractivity contribution in [3.8, 4) is 0 Å². The zero-order chi connectivity index (χ0) is 12.8. The number of carbonyl (C=O) groups is 1. The molecule has 4 nitrogen and oxygen atoms in total. The molecule has 0 aliphatic carbocycles. The SMILES string of the molecule is CNCC1CCN(CC(=O)NCc2cccs2)C1.Cl. The lowest BCUT2D eigenvalue weighted by Gasteiger charge is -2.15. The Kier molecular flexibility index (Phi) is 7.38. The van der Waals surface area contributed by atoms with Gasteiger partial charge in [-0.25, -0.2) is 0 Å². The fourth-order valence-corrected chi connectivity index (χ4v) is 3.01. The molecule has 1 aliphatic heterocycles. The number of amides is 1. The van der Waals surface area contributed by atoms with E-state index in [2.05, 4.69) is 15.5 Å². The maximum atomic E-state index is 11.8. The van der Waals surface area contributed by atoms with Gasteiger partial charge in [-0.2, -0.15) is 0 Å². The van der Waals surface area contributed by atoms with Gasteiger partial charge in [0.25, 0.3) is 0 Å². The standard InChI is InChI=1S/C13H21N3OS.ClH/c1-14-7-11-4-5-16(9-11)10-13(17)15-8-12-3-2-6-18-12;/h2-3,6,11,14H,4-5,7-10H2,1H3,(H,15,17);1H. The van der Waals surface area contributed by atoms with Crippen LogP contribution < -0.4 is 10.6 Å². The highest BCUT2D eigenvalue weighted by molar-refractivity contribution is 7.09. The third-order valence-electron chi connectivity index (χ3n) is 3.27. The van der Waals surface area contributed by atoms with Crippen LogP contribution in [0.2, 0.25) is 0 Å². The van der Waals surface area contributed by atoms with Crippen molar-refractivity contribution in [2.45, 2.75) is 13.0 Å². The summed E-state index contributed by atoms with van der Waals surface area (Å²) in [6.07, 6.45) is 1.19. The van der Waals surface area contributed by atoms with Crippen LogP contribution in [0.1, 0.15) is 11.3 Å². The van der Waals surface area contributed by atoms with Crippen LogP contribution in [0, 0.1) is 5.92 Å². The van der Waals surface area contributed by atoms with Gasteiger partial charge in [-0.05, 0) is 43.9 Å². The summed E-state index contributed by atoms with van der Waals surface area (Å²) in [6.45, 7) is 4.31. The highest BCUT2D eigenvalue weighted by Gasteiger charge is 2.23. The minimum absolute atomic E-state index is 0. The van der Waals surface area contributed by atoms with Gasteiger partial charge in [0, 0.05) is 11.4 Å². The minimum atomic E-state index is 0. The lowest BCUT2D eigenvalue weighted by molar-refractivity contribution is -0.122. The summed E-state index contributed by atoms with van der Waals surface area (Å²) < 4.78 is 0. The van der Waals surface area contributed by atoms with Gasteiger partial charge < -0.3 is 10.6 Å². The molecule has 2 N–H and O–H groups in total. The molecule has 6 heteroatoms. The molecule has 1 aliphatic rings. The smallest absolute Gasteiger partial charge is 0.234 e. The Morgan fingerprint density at radius 2 is 2.42 bits per heavy atom. The van der Waals surface area contributed by atoms with E-state index >= 15 is 0 Å². The van der Waals surface area contributed by atoms with Crippen molar-refractivity contribution in [3.05, 3.63) is 22.4 Å². The van der Waals surface area contributed by atoms with E-state index in [4.69, 9.17) is 0 Å². The Balaban J connectivity index is 0.00000180. The Hall–Kier alpha value is -0.620. The molecule has 1 unspecified atom stereocenters. The molecule has 108 valence electrons. The van der Waals surface area contributed by atoms with E-state index < -0.39 is 0 Å². The molecular formula is C13H22ClN3OS. The van der Waals surface area contributed by atoms with Crippen LogP contribution in [0.4, 0.5) is 0 Å². The van der Waals surface area contributed by atoms with Gasteiger partial charge in [0.15, 0.2) is 0 Å². The second-order valence-corrected chi connectivity index (χ2v) is 5.84. The first-order valence-electron chi connectivity index (χ1n) is 6.44. The molecule has 0 spiro atoms. The number of halogens is 1. The molecule has 1 amide bonds. The summed E-state index contributed by atoms with van der Waals surface area (Å²) >= 11 is 1.68. The maximum absolute atomic E-state index is 11.8. The van der Waals surface area contributed by atoms with Crippen LogP contribution in [0.5, 0.6) is 0 Å². The number of likely N-dealkylation sites (tertiary alicyclic amines) is 1. The lowest BCUT2D eigenvalue weighted by Crippen LogP contribution is -2.36. The van der Waals surface area contributed by atoms with Gasteiger partial charge in [0.1, 0.15) is 0 Å². The third-order valence-corrected chi connectivity index (χ3v) is 4.15. The molecule has 0 saturated carbocycles. The number of nitrogens with one attached hydrogen (secondary N) is 2. The number of nitrogens with zero attached hydrogens (tertiary/aromatic N) is 1. The van der Waals surface area contributed by atoms with Crippen molar-refractivity contribution in [3.63, 3.8) is 0 Å². The summed E-state index contributed by atoms with van der Waals surface area (Å²) in [7, 11) is 1.98. The van der Waals surface area contributed by atoms with E-state index in [1.807, 2.05) is 24.6 Å². The first kappa shape index (κ1) is 16.4. The van der Waals surface area contributed by atoms with E-state index in [9.17, 15) is 4.79 Å². The zero-order valence-corrected chi connectivity index (χ0v) is 12.9. The summed E-state index contributed by atoms with van der Waals surface area (Å²) in [5, 5.41) is 8.21. The number of carbonyl (C=O) groups excluding carboxylic acids is 1. The molecule has 1 aromatic rings. The average Bonchev–Trinajstić information content (AvgIpc) is 2.99. The molecule has 1 atom stereocenters. The Bertz CT molecular complexity index is 372. The topological polar surface area (TPSA) is 44.4 Å². The van der Waals surface area contributed by atoms with Crippen LogP contribution in [0.3, 0.4) is 0 Å². The van der Waals surface area contributed by atoms with Crippen molar-refractivity contribution < 1.29 is 4.79 Å². The van der Waals surface area contributed by atoms with Gasteiger partial charge >= 0.3 is 0 Å². The summed E-state index contributed by atoms with van der Waals surface area (Å²) in [4.78, 5) is 15.2. The summed E-state index contributed by atoms with van der Waals surface area (Å²) in [5.41, 5.74) is 0. The van der Waals surface area contributed by atoms with Crippen LogP contribution in [0.15, 0.2) is 17.5 Å². The predicted octanol–water partition coefficient (Wildman–Crippen LogP) is 1.33. The second kappa shape index (κ2) is 8.53. The van der Waals surface area contributed by atoms with Crippen LogP contribution >= 0.6 is 23.7 Å². The van der Waals surface area contributed by atoms with E-state index in [-0.39, 0.29) is 18.3 Å². The first-order valence-corrected chi connectivity index (χ1v) is 7.32. The normalized spacial score (nSPS) is 19.1. The zero-order valence-electron chi connectivity index (χ0n) is 11.2. The molecule has 19 heavy (non-hydrogen) atoms. The van der Waals surface area contributed by atoms with E-state index in [0.29, 0.717) is 19.0 Å². The molecular weight excluding hydrogens is 282 g/mol. The van der Waals surface area contributed by atoms with Gasteiger partial charge in [-0.3, -0.25) is 9.69 Å². The Morgan fingerprint density at radius 1 is 1.58 bits per heavy atom. The van der Waals surface area contributed by atoms with Crippen LogP contribution in [-0.2, 0) is 11.3 Å². The number of hydrogen-bond acceptors (Lipinski definition) is 4. The Labute approximate surface area is 125 Å². The Morgan fingerprint density at radius 3 is 3.11 bits per heavy atom. The molecule has 2 heterocycles. The minimum Gasteiger partial charge on any atom is -0.350 e. The fourth-order valence-electron chi connectivity index (χ4n) is 2.37. The van der Waals surface area contributed by atoms with E-state index in [1.54, 1.807) is 11.3 Å². The molecule has 2 rings (SSSR count). The van der Waals surface area contributed by atoms with E-state index in [1.165, 1.54) is 11.3 Å². The van der Waals surface area contributed by atoms with E-state index in [0.717, 1.165) is 19.6 Å². The second-order valence-electron chi connectivity index (χ2n) is 4.80. The van der Waals surface area contributed by atoms with Crippen molar-refractivity contribution in [2.24, 2.45) is 5.92 Å². The predicted molar refractivity (Wildman–Crippen MR) is 81.9 cm³/mol. The fraction of sp³-hybridized carbons (Fsp3) is 0.615.